The van der Waals surface area contributed by atoms with Gasteiger partial charge in [0, 0.05) is 18.9 Å². The van der Waals surface area contributed by atoms with Gasteiger partial charge >= 0.3 is 0 Å². The Kier molecular flexibility index (Phi) is 2.90. The highest BCUT2D eigenvalue weighted by Crippen LogP contribution is 2.50. The van der Waals surface area contributed by atoms with Crippen LogP contribution in [0.5, 0.6) is 5.75 Å². The van der Waals surface area contributed by atoms with Crippen LogP contribution in [0.15, 0.2) is 24.5 Å². The number of hydrogen-bond acceptors (Lipinski definition) is 5. The summed E-state index contributed by atoms with van der Waals surface area (Å²) in [7, 11) is 0. The van der Waals surface area contributed by atoms with Gasteiger partial charge < -0.3 is 15.0 Å². The van der Waals surface area contributed by atoms with E-state index in [0.717, 1.165) is 10.4 Å². The molecule has 0 unspecified atom stereocenters. The van der Waals surface area contributed by atoms with Gasteiger partial charge in [-0.3, -0.25) is 14.6 Å². The van der Waals surface area contributed by atoms with Crippen molar-refractivity contribution in [1.29, 1.82) is 0 Å². The highest BCUT2D eigenvalue weighted by atomic mass is 32.1. The fourth-order valence-electron chi connectivity index (χ4n) is 2.81. The molecule has 6 nitrogen and oxygen atoms in total. The zero-order valence-corrected chi connectivity index (χ0v) is 12.6. The van der Waals surface area contributed by atoms with Crippen molar-refractivity contribution >= 4 is 28.8 Å². The Morgan fingerprint density at radius 3 is 2.86 bits per heavy atom. The van der Waals surface area contributed by atoms with Crippen LogP contribution >= 0.6 is 11.3 Å². The molecular formula is C15H13N3O3S. The van der Waals surface area contributed by atoms with Crippen LogP contribution in [0.2, 0.25) is 0 Å². The zero-order valence-electron chi connectivity index (χ0n) is 11.8. The predicted molar refractivity (Wildman–Crippen MR) is 82.3 cm³/mol. The summed E-state index contributed by atoms with van der Waals surface area (Å²) in [4.78, 5) is 31.7. The molecular weight excluding hydrogens is 302 g/mol. The second-order valence-corrected chi connectivity index (χ2v) is 6.31. The Labute approximate surface area is 130 Å². The van der Waals surface area contributed by atoms with Gasteiger partial charge in [0.25, 0.3) is 11.8 Å². The maximum Gasteiger partial charge on any atom is 0.265 e. The molecule has 4 heterocycles. The quantitative estimate of drug-likeness (QED) is 0.869. The molecule has 0 bridgehead atoms. The standard InChI is InChI=1S/C15H13N3O3S/c1-8-6-17-15(20)14-11-12(21-7-10(19)18(8)11)13(22-14)9-2-4-16-5-3-9/h2-5,8H,6-7H2,1H3,(H,17,20)/t8-/m1/s1. The molecule has 0 aliphatic carbocycles. The van der Waals surface area contributed by atoms with E-state index in [-0.39, 0.29) is 24.5 Å². The zero-order chi connectivity index (χ0) is 15.3. The van der Waals surface area contributed by atoms with Crippen LogP contribution in [-0.4, -0.2) is 36.0 Å². The van der Waals surface area contributed by atoms with E-state index in [0.29, 0.717) is 22.9 Å². The number of aromatic nitrogens is 1. The molecule has 0 fully saturated rings. The molecule has 0 radical (unpaired) electrons. The smallest absolute Gasteiger partial charge is 0.265 e. The molecule has 2 amide bonds. The first-order valence-electron chi connectivity index (χ1n) is 6.97. The van der Waals surface area contributed by atoms with Crippen LogP contribution in [0.4, 0.5) is 5.69 Å². The molecule has 4 rings (SSSR count). The molecule has 2 aromatic rings. The average Bonchev–Trinajstić information content (AvgIpc) is 2.87. The summed E-state index contributed by atoms with van der Waals surface area (Å²) in [5.41, 5.74) is 1.54. The minimum absolute atomic E-state index is 0.000211. The van der Waals surface area contributed by atoms with E-state index in [9.17, 15) is 9.59 Å². The fraction of sp³-hybridized carbons (Fsp3) is 0.267. The number of carbonyl (C=O) groups is 2. The molecule has 2 aromatic heterocycles. The summed E-state index contributed by atoms with van der Waals surface area (Å²) < 4.78 is 5.68. The van der Waals surface area contributed by atoms with Gasteiger partial charge in [-0.2, -0.15) is 0 Å². The lowest BCUT2D eigenvalue weighted by Gasteiger charge is -2.31. The highest BCUT2D eigenvalue weighted by molar-refractivity contribution is 7.18. The third-order valence-corrected chi connectivity index (χ3v) is 5.05. The van der Waals surface area contributed by atoms with Crippen molar-refractivity contribution in [2.45, 2.75) is 13.0 Å². The first kappa shape index (κ1) is 13.3. The second-order valence-electron chi connectivity index (χ2n) is 5.29. The van der Waals surface area contributed by atoms with Crippen LogP contribution in [0, 0.1) is 0 Å². The van der Waals surface area contributed by atoms with E-state index in [2.05, 4.69) is 10.3 Å². The van der Waals surface area contributed by atoms with E-state index in [4.69, 9.17) is 4.74 Å². The molecule has 1 atom stereocenters. The number of nitrogens with one attached hydrogen (secondary N) is 1. The molecule has 22 heavy (non-hydrogen) atoms. The molecule has 1 N–H and O–H groups in total. The van der Waals surface area contributed by atoms with Crippen LogP contribution in [0.1, 0.15) is 16.6 Å². The summed E-state index contributed by atoms with van der Waals surface area (Å²) in [6.07, 6.45) is 3.39. The number of rotatable bonds is 1. The largest absolute Gasteiger partial charge is 0.480 e. The number of carbonyl (C=O) groups excluding carboxylic acids is 2. The molecule has 0 saturated carbocycles. The molecule has 7 heteroatoms. The molecule has 0 saturated heterocycles. The minimum atomic E-state index is -0.158. The van der Waals surface area contributed by atoms with E-state index in [1.165, 1.54) is 11.3 Å². The van der Waals surface area contributed by atoms with E-state index >= 15 is 0 Å². The van der Waals surface area contributed by atoms with Crippen molar-refractivity contribution in [1.82, 2.24) is 10.3 Å². The van der Waals surface area contributed by atoms with E-state index < -0.39 is 0 Å². The van der Waals surface area contributed by atoms with Gasteiger partial charge in [0.15, 0.2) is 12.4 Å². The van der Waals surface area contributed by atoms with Gasteiger partial charge in [-0.1, -0.05) is 0 Å². The Hall–Kier alpha value is -2.41. The highest BCUT2D eigenvalue weighted by Gasteiger charge is 2.39. The third-order valence-electron chi connectivity index (χ3n) is 3.84. The Morgan fingerprint density at radius 2 is 2.09 bits per heavy atom. The second kappa shape index (κ2) is 4.81. The van der Waals surface area contributed by atoms with Gasteiger partial charge in [0.1, 0.15) is 10.6 Å². The summed E-state index contributed by atoms with van der Waals surface area (Å²) in [5.74, 6) is 0.348. The van der Waals surface area contributed by atoms with Crippen molar-refractivity contribution in [2.75, 3.05) is 18.1 Å². The fourth-order valence-corrected chi connectivity index (χ4v) is 3.97. The van der Waals surface area contributed by atoms with Crippen molar-refractivity contribution < 1.29 is 14.3 Å². The molecule has 112 valence electrons. The van der Waals surface area contributed by atoms with Crippen LogP contribution in [0.25, 0.3) is 10.4 Å². The van der Waals surface area contributed by atoms with E-state index in [1.54, 1.807) is 17.3 Å². The Morgan fingerprint density at radius 1 is 1.32 bits per heavy atom. The summed E-state index contributed by atoms with van der Waals surface area (Å²) in [6, 6.07) is 3.64. The number of nitrogens with zero attached hydrogens (tertiary/aromatic N) is 2. The van der Waals surface area contributed by atoms with Crippen molar-refractivity contribution in [3.05, 3.63) is 29.4 Å². The van der Waals surface area contributed by atoms with Crippen LogP contribution in [-0.2, 0) is 4.79 Å². The van der Waals surface area contributed by atoms with Gasteiger partial charge in [0.2, 0.25) is 0 Å². The summed E-state index contributed by atoms with van der Waals surface area (Å²) in [5, 5.41) is 2.86. The predicted octanol–water partition coefficient (Wildman–Crippen LogP) is 1.67. The van der Waals surface area contributed by atoms with Gasteiger partial charge in [-0.15, -0.1) is 11.3 Å². The topological polar surface area (TPSA) is 71.5 Å². The lowest BCUT2D eigenvalue weighted by Crippen LogP contribution is -2.46. The van der Waals surface area contributed by atoms with Gasteiger partial charge in [-0.05, 0) is 24.6 Å². The maximum absolute atomic E-state index is 12.3. The maximum atomic E-state index is 12.3. The lowest BCUT2D eigenvalue weighted by molar-refractivity contribution is -0.121. The molecule has 0 spiro atoms. The van der Waals surface area contributed by atoms with Crippen molar-refractivity contribution in [2.24, 2.45) is 0 Å². The van der Waals surface area contributed by atoms with Crippen LogP contribution in [0.3, 0.4) is 0 Å². The van der Waals surface area contributed by atoms with Crippen molar-refractivity contribution in [3.63, 3.8) is 0 Å². The summed E-state index contributed by atoms with van der Waals surface area (Å²) >= 11 is 1.35. The number of ether oxygens (including phenoxy) is 1. The number of hydrogen-bond donors (Lipinski definition) is 1. The van der Waals surface area contributed by atoms with Crippen LogP contribution < -0.4 is 15.0 Å². The monoisotopic (exact) mass is 315 g/mol. The number of anilines is 1. The number of thiophene rings is 1. The molecule has 0 aromatic carbocycles. The molecule has 2 aliphatic heterocycles. The average molecular weight is 315 g/mol. The number of amides is 2. The number of pyridine rings is 1. The SMILES string of the molecule is C[C@@H]1CNC(=O)c2sc(-c3ccncc3)c3c2N1C(=O)CO3. The third kappa shape index (κ3) is 1.82. The van der Waals surface area contributed by atoms with Crippen molar-refractivity contribution in [3.8, 4) is 16.2 Å². The van der Waals surface area contributed by atoms with Gasteiger partial charge in [-0.25, -0.2) is 0 Å². The Bertz CT molecular complexity index is 772. The van der Waals surface area contributed by atoms with E-state index in [1.807, 2.05) is 19.1 Å². The lowest BCUT2D eigenvalue weighted by atomic mass is 10.1. The first-order valence-corrected chi connectivity index (χ1v) is 7.78. The Balaban J connectivity index is 1.97. The van der Waals surface area contributed by atoms with Gasteiger partial charge in [0.05, 0.1) is 10.9 Å². The summed E-state index contributed by atoms with van der Waals surface area (Å²) in [6.45, 7) is 2.36. The normalized spacial score (nSPS) is 20.0. The minimum Gasteiger partial charge on any atom is -0.480 e. The first-order chi connectivity index (χ1) is 10.7. The molecule has 2 aliphatic rings.